The van der Waals surface area contributed by atoms with Crippen LogP contribution in [-0.2, 0) is 9.59 Å². The maximum Gasteiger partial charge on any atom is 0.244 e. The largest absolute Gasteiger partial charge is 0.341 e. The lowest BCUT2D eigenvalue weighted by Crippen LogP contribution is -2.48. The summed E-state index contributed by atoms with van der Waals surface area (Å²) >= 11 is 1.57. The predicted octanol–water partition coefficient (Wildman–Crippen LogP) is 0.964. The van der Waals surface area contributed by atoms with Gasteiger partial charge < -0.3 is 10.2 Å². The Bertz CT molecular complexity index is 370. The van der Waals surface area contributed by atoms with Gasteiger partial charge in [-0.3, -0.25) is 9.59 Å². The van der Waals surface area contributed by atoms with Crippen molar-refractivity contribution in [2.45, 2.75) is 33.2 Å². The van der Waals surface area contributed by atoms with Crippen LogP contribution in [0.15, 0.2) is 0 Å². The first-order valence-electron chi connectivity index (χ1n) is 5.87. The van der Waals surface area contributed by atoms with Crippen molar-refractivity contribution >= 4 is 23.6 Å². The van der Waals surface area contributed by atoms with E-state index in [1.807, 2.05) is 26.8 Å². The van der Waals surface area contributed by atoms with Crippen LogP contribution in [0.5, 0.6) is 0 Å². The van der Waals surface area contributed by atoms with Gasteiger partial charge >= 0.3 is 0 Å². The summed E-state index contributed by atoms with van der Waals surface area (Å²) in [5.74, 6) is 0.931. The average molecular weight is 269 g/mol. The van der Waals surface area contributed by atoms with Gasteiger partial charge in [0.05, 0.1) is 11.9 Å². The average Bonchev–Trinajstić information content (AvgIpc) is 2.72. The first-order chi connectivity index (χ1) is 8.35. The van der Waals surface area contributed by atoms with Gasteiger partial charge in [0, 0.05) is 12.2 Å². The summed E-state index contributed by atoms with van der Waals surface area (Å²) < 4.78 is 0. The van der Waals surface area contributed by atoms with Crippen molar-refractivity contribution in [1.29, 1.82) is 5.26 Å². The van der Waals surface area contributed by atoms with Crippen LogP contribution >= 0.6 is 11.8 Å². The van der Waals surface area contributed by atoms with Crippen molar-refractivity contribution in [3.8, 4) is 6.07 Å². The molecule has 0 aliphatic carbocycles. The minimum atomic E-state index is -0.432. The van der Waals surface area contributed by atoms with Crippen LogP contribution in [0.3, 0.4) is 0 Å². The molecule has 1 aliphatic rings. The number of nitrogens with one attached hydrogen (secondary N) is 1. The number of hydrogen-bond donors (Lipinski definition) is 1. The molecular formula is C12H19N3O2S. The maximum absolute atomic E-state index is 12.1. The van der Waals surface area contributed by atoms with Crippen LogP contribution < -0.4 is 5.32 Å². The molecule has 1 N–H and O–H groups in total. The van der Waals surface area contributed by atoms with Gasteiger partial charge in [-0.1, -0.05) is 20.8 Å². The summed E-state index contributed by atoms with van der Waals surface area (Å²) in [6, 6.07) is 1.43. The molecule has 1 aliphatic heterocycles. The Labute approximate surface area is 112 Å². The van der Waals surface area contributed by atoms with E-state index in [0.717, 1.165) is 0 Å². The Morgan fingerprint density at radius 1 is 1.50 bits per heavy atom. The number of nitrogens with zero attached hydrogens (tertiary/aromatic N) is 2. The monoisotopic (exact) mass is 269 g/mol. The molecule has 0 saturated carbocycles. The van der Waals surface area contributed by atoms with E-state index in [0.29, 0.717) is 18.1 Å². The van der Waals surface area contributed by atoms with Gasteiger partial charge in [0.15, 0.2) is 0 Å². The van der Waals surface area contributed by atoms with Crippen molar-refractivity contribution in [1.82, 2.24) is 10.2 Å². The van der Waals surface area contributed by atoms with E-state index in [1.54, 1.807) is 16.7 Å². The molecule has 1 saturated heterocycles. The molecule has 1 atom stereocenters. The van der Waals surface area contributed by atoms with Gasteiger partial charge in [-0.25, -0.2) is 0 Å². The fourth-order valence-electron chi connectivity index (χ4n) is 1.71. The van der Waals surface area contributed by atoms with Crippen LogP contribution in [0, 0.1) is 16.7 Å². The third kappa shape index (κ3) is 4.22. The molecule has 6 heteroatoms. The minimum Gasteiger partial charge on any atom is -0.341 e. The summed E-state index contributed by atoms with van der Waals surface area (Å²) in [6.45, 7) is 5.98. The second-order valence-corrected chi connectivity index (χ2v) is 6.49. The summed E-state index contributed by atoms with van der Waals surface area (Å²) in [7, 11) is 0. The molecule has 0 aromatic heterocycles. The molecule has 18 heavy (non-hydrogen) atoms. The van der Waals surface area contributed by atoms with E-state index < -0.39 is 6.04 Å². The van der Waals surface area contributed by atoms with Gasteiger partial charge in [-0.15, -0.1) is 11.8 Å². The van der Waals surface area contributed by atoms with Crippen molar-refractivity contribution in [3.05, 3.63) is 0 Å². The summed E-state index contributed by atoms with van der Waals surface area (Å²) in [4.78, 5) is 25.5. The Hall–Kier alpha value is -1.22. The highest BCUT2D eigenvalue weighted by atomic mass is 32.2. The number of nitriles is 1. The molecule has 5 nitrogen and oxygen atoms in total. The number of rotatable bonds is 3. The van der Waals surface area contributed by atoms with Crippen LogP contribution in [0.2, 0.25) is 0 Å². The van der Waals surface area contributed by atoms with Crippen molar-refractivity contribution in [3.63, 3.8) is 0 Å². The third-order valence-corrected chi connectivity index (χ3v) is 3.54. The van der Waals surface area contributed by atoms with Crippen LogP contribution in [0.4, 0.5) is 0 Å². The molecule has 0 radical (unpaired) electrons. The number of carbonyl (C=O) groups is 2. The van der Waals surface area contributed by atoms with Gasteiger partial charge in [0.25, 0.3) is 0 Å². The first kappa shape index (κ1) is 14.8. The lowest BCUT2D eigenvalue weighted by atomic mass is 9.91. The molecule has 1 rings (SSSR count). The lowest BCUT2D eigenvalue weighted by molar-refractivity contribution is -0.139. The minimum absolute atomic E-state index is 0.00427. The Balaban J connectivity index is 2.62. The highest BCUT2D eigenvalue weighted by molar-refractivity contribution is 7.99. The standard InChI is InChI=1S/C12H19N3O2S/c1-12(2,3)6-10(16)15-8-18-7-9(15)11(17)14-5-4-13/h9H,5-8H2,1-3H3,(H,14,17). The van der Waals surface area contributed by atoms with E-state index in [2.05, 4.69) is 5.32 Å². The van der Waals surface area contributed by atoms with E-state index >= 15 is 0 Å². The molecule has 0 spiro atoms. The highest BCUT2D eigenvalue weighted by Crippen LogP contribution is 2.26. The van der Waals surface area contributed by atoms with Crippen LogP contribution in [0.1, 0.15) is 27.2 Å². The van der Waals surface area contributed by atoms with E-state index in [9.17, 15) is 9.59 Å². The van der Waals surface area contributed by atoms with Crippen LogP contribution in [-0.4, -0.2) is 40.9 Å². The van der Waals surface area contributed by atoms with Crippen molar-refractivity contribution < 1.29 is 9.59 Å². The normalized spacial score (nSPS) is 19.4. The number of carbonyl (C=O) groups excluding carboxylic acids is 2. The van der Waals surface area contributed by atoms with Gasteiger partial charge in [0.1, 0.15) is 12.6 Å². The molecule has 0 bridgehead atoms. The fraction of sp³-hybridized carbons (Fsp3) is 0.750. The smallest absolute Gasteiger partial charge is 0.244 e. The SMILES string of the molecule is CC(C)(C)CC(=O)N1CSCC1C(=O)NCC#N. The molecular weight excluding hydrogens is 250 g/mol. The zero-order chi connectivity index (χ0) is 13.8. The molecule has 100 valence electrons. The second-order valence-electron chi connectivity index (χ2n) is 5.49. The molecule has 1 heterocycles. The van der Waals surface area contributed by atoms with Gasteiger partial charge in [0.2, 0.25) is 11.8 Å². The number of amides is 2. The zero-order valence-electron chi connectivity index (χ0n) is 11.0. The summed E-state index contributed by atoms with van der Waals surface area (Å²) in [5.41, 5.74) is -0.0853. The molecule has 1 fully saturated rings. The first-order valence-corrected chi connectivity index (χ1v) is 7.02. The molecule has 2 amide bonds. The maximum atomic E-state index is 12.1. The van der Waals surface area contributed by atoms with Crippen molar-refractivity contribution in [2.75, 3.05) is 18.2 Å². The third-order valence-electron chi connectivity index (χ3n) is 2.53. The van der Waals surface area contributed by atoms with Gasteiger partial charge in [-0.2, -0.15) is 5.26 Å². The van der Waals surface area contributed by atoms with E-state index in [1.165, 1.54) is 0 Å². The van der Waals surface area contributed by atoms with E-state index in [-0.39, 0.29) is 23.8 Å². The second kappa shape index (κ2) is 6.10. The Kier molecular flexibility index (Phi) is 5.03. The zero-order valence-corrected chi connectivity index (χ0v) is 11.8. The van der Waals surface area contributed by atoms with Crippen LogP contribution in [0.25, 0.3) is 0 Å². The lowest BCUT2D eigenvalue weighted by Gasteiger charge is -2.26. The number of thioether (sulfide) groups is 1. The summed E-state index contributed by atoms with van der Waals surface area (Å²) in [6.07, 6.45) is 0.426. The van der Waals surface area contributed by atoms with E-state index in [4.69, 9.17) is 5.26 Å². The number of hydrogen-bond acceptors (Lipinski definition) is 4. The van der Waals surface area contributed by atoms with Crippen molar-refractivity contribution in [2.24, 2.45) is 5.41 Å². The van der Waals surface area contributed by atoms with Gasteiger partial charge in [-0.05, 0) is 5.41 Å². The molecule has 1 unspecified atom stereocenters. The summed E-state index contributed by atoms with van der Waals surface area (Å²) in [5, 5.41) is 11.0. The predicted molar refractivity (Wildman–Crippen MR) is 70.7 cm³/mol. The molecule has 0 aromatic rings. The molecule has 0 aromatic carbocycles. The highest BCUT2D eigenvalue weighted by Gasteiger charge is 2.35. The Morgan fingerprint density at radius 2 is 2.17 bits per heavy atom. The quantitative estimate of drug-likeness (QED) is 0.775. The Morgan fingerprint density at radius 3 is 2.72 bits per heavy atom. The fourth-order valence-corrected chi connectivity index (χ4v) is 2.89. The topological polar surface area (TPSA) is 73.2 Å².